The first-order chi connectivity index (χ1) is 5.27. The molecule has 11 heavy (non-hydrogen) atoms. The van der Waals surface area contributed by atoms with Crippen molar-refractivity contribution in [3.05, 3.63) is 37.3 Å². The molecule has 3 heteroatoms. The molecule has 1 atom stereocenters. The first-order valence-electron chi connectivity index (χ1n) is 3.33. The van der Waals surface area contributed by atoms with Gasteiger partial charge in [0.05, 0.1) is 11.8 Å². The van der Waals surface area contributed by atoms with Gasteiger partial charge in [0.15, 0.2) is 0 Å². The molecule has 0 saturated heterocycles. The summed E-state index contributed by atoms with van der Waals surface area (Å²) in [5.41, 5.74) is 6.25. The summed E-state index contributed by atoms with van der Waals surface area (Å²) in [4.78, 5) is 4.06. The minimum absolute atomic E-state index is 0.0415. The molecule has 1 rings (SSSR count). The van der Waals surface area contributed by atoms with Gasteiger partial charge in [-0.15, -0.1) is 6.58 Å². The van der Waals surface area contributed by atoms with Crippen molar-refractivity contribution in [1.29, 1.82) is 0 Å². The maximum atomic E-state index is 5.45. The number of hydrogen-bond donors (Lipinski definition) is 2. The van der Waals surface area contributed by atoms with Crippen molar-refractivity contribution in [2.45, 2.75) is 6.04 Å². The second-order valence-electron chi connectivity index (χ2n) is 2.19. The maximum Gasteiger partial charge on any atom is 0.139 e. The maximum absolute atomic E-state index is 5.45. The van der Waals surface area contributed by atoms with Crippen LogP contribution in [0.2, 0.25) is 0 Å². The van der Waals surface area contributed by atoms with E-state index in [1.807, 2.05) is 0 Å². The van der Waals surface area contributed by atoms with E-state index in [4.69, 9.17) is 5.73 Å². The highest BCUT2D eigenvalue weighted by Gasteiger charge is 2.10. The highest BCUT2D eigenvalue weighted by atomic mass is 15.0. The molecule has 1 heterocycles. The summed E-state index contributed by atoms with van der Waals surface area (Å²) in [6.45, 7) is 7.26. The van der Waals surface area contributed by atoms with E-state index in [1.54, 1.807) is 18.4 Å². The van der Waals surface area contributed by atoms with Crippen molar-refractivity contribution in [1.82, 2.24) is 5.32 Å². The average molecular weight is 149 g/mol. The molecule has 0 fully saturated rings. The van der Waals surface area contributed by atoms with E-state index in [0.717, 1.165) is 5.71 Å². The zero-order chi connectivity index (χ0) is 8.27. The molecular formula is C8H11N3. The Labute approximate surface area is 66.0 Å². The largest absolute Gasteiger partial charge is 0.382 e. The third-order valence-corrected chi connectivity index (χ3v) is 1.43. The summed E-state index contributed by atoms with van der Waals surface area (Å²) >= 11 is 0. The Morgan fingerprint density at radius 1 is 1.64 bits per heavy atom. The minimum atomic E-state index is 0.0415. The van der Waals surface area contributed by atoms with Gasteiger partial charge in [0.25, 0.3) is 0 Å². The van der Waals surface area contributed by atoms with E-state index in [2.05, 4.69) is 23.5 Å². The highest BCUT2D eigenvalue weighted by Crippen LogP contribution is 2.01. The Morgan fingerprint density at radius 3 is 2.91 bits per heavy atom. The highest BCUT2D eigenvalue weighted by molar-refractivity contribution is 6.01. The molecular weight excluding hydrogens is 138 g/mol. The van der Waals surface area contributed by atoms with E-state index in [-0.39, 0.29) is 6.04 Å². The predicted octanol–water partition coefficient (Wildman–Crippen LogP) is 0.529. The fourth-order valence-corrected chi connectivity index (χ4v) is 0.873. The summed E-state index contributed by atoms with van der Waals surface area (Å²) in [6, 6.07) is 0.0415. The molecule has 0 aliphatic carbocycles. The molecule has 0 aromatic heterocycles. The van der Waals surface area contributed by atoms with Gasteiger partial charge in [-0.2, -0.15) is 0 Å². The second-order valence-corrected chi connectivity index (χ2v) is 2.19. The molecule has 0 spiro atoms. The van der Waals surface area contributed by atoms with E-state index >= 15 is 0 Å². The molecule has 0 aromatic carbocycles. The van der Waals surface area contributed by atoms with Gasteiger partial charge in [-0.05, 0) is 6.08 Å². The fourth-order valence-electron chi connectivity index (χ4n) is 0.873. The molecule has 3 N–H and O–H groups in total. The van der Waals surface area contributed by atoms with Crippen molar-refractivity contribution in [2.24, 2.45) is 10.7 Å². The van der Waals surface area contributed by atoms with Crippen molar-refractivity contribution < 1.29 is 0 Å². The number of aliphatic imine (C=N–C) groups is 1. The number of nitrogens with zero attached hydrogens (tertiary/aromatic N) is 1. The predicted molar refractivity (Wildman–Crippen MR) is 47.0 cm³/mol. The third kappa shape index (κ3) is 1.49. The molecule has 0 amide bonds. The Bertz CT molecular complexity index is 238. The van der Waals surface area contributed by atoms with Crippen LogP contribution in [0, 0.1) is 0 Å². The zero-order valence-electron chi connectivity index (χ0n) is 6.25. The van der Waals surface area contributed by atoms with Crippen LogP contribution in [0.3, 0.4) is 0 Å². The van der Waals surface area contributed by atoms with Crippen molar-refractivity contribution >= 4 is 5.71 Å². The number of nitrogens with one attached hydrogen (secondary N) is 1. The first-order valence-corrected chi connectivity index (χ1v) is 3.33. The van der Waals surface area contributed by atoms with Gasteiger partial charge >= 0.3 is 0 Å². The average Bonchev–Trinajstić information content (AvgIpc) is 2.04. The van der Waals surface area contributed by atoms with E-state index in [0.29, 0.717) is 5.82 Å². The molecule has 1 unspecified atom stereocenters. The van der Waals surface area contributed by atoms with Crippen LogP contribution in [0.1, 0.15) is 0 Å². The van der Waals surface area contributed by atoms with E-state index in [1.165, 1.54) is 0 Å². The lowest BCUT2D eigenvalue weighted by atomic mass is 10.1. The van der Waals surface area contributed by atoms with Gasteiger partial charge in [-0.25, -0.2) is 4.99 Å². The molecule has 1 aliphatic heterocycles. The van der Waals surface area contributed by atoms with Crippen molar-refractivity contribution in [2.75, 3.05) is 0 Å². The Hall–Kier alpha value is -1.51. The summed E-state index contributed by atoms with van der Waals surface area (Å²) in [7, 11) is 0. The van der Waals surface area contributed by atoms with Crippen LogP contribution in [-0.2, 0) is 0 Å². The normalized spacial score (nSPS) is 22.7. The van der Waals surface area contributed by atoms with Crippen LogP contribution in [0.15, 0.2) is 42.3 Å². The van der Waals surface area contributed by atoms with Crippen molar-refractivity contribution in [3.8, 4) is 0 Å². The van der Waals surface area contributed by atoms with Gasteiger partial charge < -0.3 is 11.1 Å². The quantitative estimate of drug-likeness (QED) is 0.563. The second kappa shape index (κ2) is 3.05. The summed E-state index contributed by atoms with van der Waals surface area (Å²) in [5, 5.41) is 3.01. The molecule has 0 bridgehead atoms. The molecule has 0 radical (unpaired) electrons. The number of nitrogens with two attached hydrogens (primary N) is 1. The Morgan fingerprint density at radius 2 is 2.36 bits per heavy atom. The van der Waals surface area contributed by atoms with Crippen LogP contribution in [0.4, 0.5) is 0 Å². The van der Waals surface area contributed by atoms with Gasteiger partial charge in [0.2, 0.25) is 0 Å². The summed E-state index contributed by atoms with van der Waals surface area (Å²) < 4.78 is 0. The third-order valence-electron chi connectivity index (χ3n) is 1.43. The topological polar surface area (TPSA) is 50.4 Å². The lowest BCUT2D eigenvalue weighted by Crippen LogP contribution is -2.34. The molecule has 3 nitrogen and oxygen atoms in total. The lowest BCUT2D eigenvalue weighted by molar-refractivity contribution is 0.840. The Kier molecular flexibility index (Phi) is 2.11. The lowest BCUT2D eigenvalue weighted by Gasteiger charge is -2.17. The zero-order valence-corrected chi connectivity index (χ0v) is 6.25. The van der Waals surface area contributed by atoms with Crippen LogP contribution in [0.25, 0.3) is 0 Å². The van der Waals surface area contributed by atoms with Crippen LogP contribution in [-0.4, -0.2) is 11.8 Å². The van der Waals surface area contributed by atoms with Gasteiger partial charge in [0.1, 0.15) is 5.82 Å². The SMILES string of the molecule is C=CC1=NC(N)=CNC1C=C. The van der Waals surface area contributed by atoms with E-state index < -0.39 is 0 Å². The van der Waals surface area contributed by atoms with Crippen LogP contribution in [0.5, 0.6) is 0 Å². The first kappa shape index (κ1) is 7.60. The smallest absolute Gasteiger partial charge is 0.139 e. The minimum Gasteiger partial charge on any atom is -0.382 e. The molecule has 1 aliphatic rings. The standard InChI is InChI=1S/C8H11N3/c1-3-6-7(4-2)11-8(9)5-10-6/h3-6,10H,1-2,9H2. The van der Waals surface area contributed by atoms with Crippen molar-refractivity contribution in [3.63, 3.8) is 0 Å². The Balaban J connectivity index is 2.87. The van der Waals surface area contributed by atoms with Gasteiger partial charge in [0, 0.05) is 6.20 Å². The van der Waals surface area contributed by atoms with Gasteiger partial charge in [-0.3, -0.25) is 0 Å². The number of rotatable bonds is 2. The number of hydrogen-bond acceptors (Lipinski definition) is 3. The van der Waals surface area contributed by atoms with E-state index in [9.17, 15) is 0 Å². The fraction of sp³-hybridized carbons (Fsp3) is 0.125. The summed E-state index contributed by atoms with van der Waals surface area (Å²) in [5.74, 6) is 0.470. The van der Waals surface area contributed by atoms with Gasteiger partial charge in [-0.1, -0.05) is 12.7 Å². The molecule has 58 valence electrons. The van der Waals surface area contributed by atoms with Crippen LogP contribution >= 0.6 is 0 Å². The monoisotopic (exact) mass is 149 g/mol. The van der Waals surface area contributed by atoms with Crippen LogP contribution < -0.4 is 11.1 Å². The molecule has 0 saturated carbocycles. The summed E-state index contributed by atoms with van der Waals surface area (Å²) in [6.07, 6.45) is 5.07. The molecule has 0 aromatic rings.